The molecular weight excluding hydrogens is 645 g/mol. The molecule has 0 atom stereocenters. The molecule has 0 saturated heterocycles. The number of fused-ring (bicyclic) bond motifs is 1. The topological polar surface area (TPSA) is 134 Å². The highest BCUT2D eigenvalue weighted by molar-refractivity contribution is 14.1. The second-order valence-electron chi connectivity index (χ2n) is 6.94. The van der Waals surface area contributed by atoms with Gasteiger partial charge in [0.1, 0.15) is 18.1 Å². The predicted molar refractivity (Wildman–Crippen MR) is 136 cm³/mol. The second-order valence-corrected chi connectivity index (χ2v) is 10.8. The average molecular weight is 662 g/mol. The van der Waals surface area contributed by atoms with Crippen molar-refractivity contribution in [3.05, 3.63) is 70.7 Å². The molecule has 0 aromatic heterocycles. The molecule has 3 aromatic carbocycles. The Morgan fingerprint density at radius 3 is 2.53 bits per heavy atom. The minimum Gasteiger partial charge on any atom is -0.486 e. The number of carbonyl (C=O) groups excluding carboxylic acids is 1. The zero-order valence-corrected chi connectivity index (χ0v) is 21.8. The Morgan fingerprint density at radius 1 is 1.00 bits per heavy atom. The average Bonchev–Trinajstić information content (AvgIpc) is 2.83. The first-order valence-corrected chi connectivity index (χ1v) is 13.8. The second kappa shape index (κ2) is 10.2. The highest BCUT2D eigenvalue weighted by Crippen LogP contribution is 2.34. The quantitative estimate of drug-likeness (QED) is 0.189. The normalized spacial score (nSPS) is 12.6. The van der Waals surface area contributed by atoms with Crippen molar-refractivity contribution < 1.29 is 31.0 Å². The molecular formula is C21H17BrIN3O7S. The van der Waals surface area contributed by atoms with Gasteiger partial charge in [-0.25, -0.2) is 11.5 Å². The molecule has 0 fully saturated rings. The SMILES string of the molecule is O=IN(O)c1cccc(NC(=O)c2ccc(Br)c(S(=O)(=O)Nc3ccc4c(c3)OCCO4)c2)c1. The van der Waals surface area contributed by atoms with Crippen LogP contribution in [0.25, 0.3) is 0 Å². The smallest absolute Gasteiger partial charge is 0.300 e. The number of benzene rings is 3. The third-order valence-corrected chi connectivity index (χ3v) is 7.97. The number of halogens is 2. The number of rotatable bonds is 7. The highest BCUT2D eigenvalue weighted by atomic mass is 127. The van der Waals surface area contributed by atoms with E-state index in [9.17, 15) is 21.5 Å². The largest absolute Gasteiger partial charge is 0.486 e. The molecule has 4 rings (SSSR count). The van der Waals surface area contributed by atoms with E-state index in [0.717, 1.165) is 0 Å². The Balaban J connectivity index is 1.56. The van der Waals surface area contributed by atoms with Gasteiger partial charge in [0.2, 0.25) is 0 Å². The summed E-state index contributed by atoms with van der Waals surface area (Å²) < 4.78 is 51.4. The number of nitrogens with one attached hydrogen (secondary N) is 2. The van der Waals surface area contributed by atoms with Crippen molar-refractivity contribution in [1.82, 2.24) is 0 Å². The van der Waals surface area contributed by atoms with Crippen LogP contribution in [0.5, 0.6) is 11.5 Å². The van der Waals surface area contributed by atoms with Crippen LogP contribution in [0.2, 0.25) is 0 Å². The molecule has 3 N–H and O–H groups in total. The van der Waals surface area contributed by atoms with Gasteiger partial charge in [-0.2, -0.15) is 3.28 Å². The number of ether oxygens (including phenoxy) is 2. The fraction of sp³-hybridized carbons (Fsp3) is 0.0952. The molecule has 13 heteroatoms. The number of anilines is 3. The van der Waals surface area contributed by atoms with Crippen LogP contribution in [0.4, 0.5) is 17.1 Å². The molecule has 10 nitrogen and oxygen atoms in total. The molecule has 0 radical (unpaired) electrons. The van der Waals surface area contributed by atoms with Crippen LogP contribution in [0.3, 0.4) is 0 Å². The maximum absolute atomic E-state index is 13.1. The Bertz CT molecular complexity index is 1370. The van der Waals surface area contributed by atoms with Crippen LogP contribution in [-0.4, -0.2) is 32.7 Å². The summed E-state index contributed by atoms with van der Waals surface area (Å²) in [6.45, 7) is 0.784. The van der Waals surface area contributed by atoms with Crippen LogP contribution < -0.4 is 22.8 Å². The van der Waals surface area contributed by atoms with E-state index in [1.54, 1.807) is 24.3 Å². The van der Waals surface area contributed by atoms with Crippen molar-refractivity contribution in [1.29, 1.82) is 0 Å². The molecule has 0 unspecified atom stereocenters. The summed E-state index contributed by atoms with van der Waals surface area (Å²) in [7, 11) is -4.06. The lowest BCUT2D eigenvalue weighted by Crippen LogP contribution is -2.18. The number of amides is 1. The van der Waals surface area contributed by atoms with Crippen LogP contribution in [0, 0.1) is 0 Å². The molecule has 0 saturated carbocycles. The Kier molecular flexibility index (Phi) is 7.35. The van der Waals surface area contributed by atoms with Gasteiger partial charge in [-0.15, -0.1) is 0 Å². The fourth-order valence-corrected chi connectivity index (χ4v) is 5.68. The number of sulfonamides is 1. The summed E-state index contributed by atoms with van der Waals surface area (Å²) >= 11 is 1.41. The van der Waals surface area contributed by atoms with E-state index in [4.69, 9.17) is 9.47 Å². The first-order chi connectivity index (χ1) is 16.3. The molecule has 0 spiro atoms. The minimum absolute atomic E-state index is 0.0910. The molecule has 1 heterocycles. The van der Waals surface area contributed by atoms with Gasteiger partial charge in [-0.05, 0) is 64.5 Å². The third kappa shape index (κ3) is 5.48. The van der Waals surface area contributed by atoms with Gasteiger partial charge in [0.05, 0.1) is 11.4 Å². The molecule has 1 aliphatic rings. The van der Waals surface area contributed by atoms with Gasteiger partial charge < -0.3 is 14.8 Å². The fourth-order valence-electron chi connectivity index (χ4n) is 3.11. The van der Waals surface area contributed by atoms with Gasteiger partial charge in [0, 0.05) is 21.8 Å². The van der Waals surface area contributed by atoms with Crippen molar-refractivity contribution in [2.24, 2.45) is 0 Å². The van der Waals surface area contributed by atoms with Crippen LogP contribution in [0.1, 0.15) is 10.4 Å². The van der Waals surface area contributed by atoms with Gasteiger partial charge >= 0.3 is 0 Å². The Hall–Kier alpha value is -2.75. The zero-order valence-electron chi connectivity index (χ0n) is 17.2. The number of carbonyl (C=O) groups is 1. The van der Waals surface area contributed by atoms with Gasteiger partial charge in [-0.3, -0.25) is 14.7 Å². The monoisotopic (exact) mass is 661 g/mol. The van der Waals surface area contributed by atoms with Gasteiger partial charge in [0.15, 0.2) is 11.5 Å². The van der Waals surface area contributed by atoms with Crippen molar-refractivity contribution in [3.8, 4) is 11.5 Å². The van der Waals surface area contributed by atoms with E-state index in [0.29, 0.717) is 33.7 Å². The maximum atomic E-state index is 13.1. The van der Waals surface area contributed by atoms with Gasteiger partial charge in [0.25, 0.3) is 37.4 Å². The Morgan fingerprint density at radius 2 is 1.76 bits per heavy atom. The molecule has 3 aromatic rings. The van der Waals surface area contributed by atoms with Crippen molar-refractivity contribution in [3.63, 3.8) is 0 Å². The van der Waals surface area contributed by atoms with E-state index in [1.165, 1.54) is 36.4 Å². The summed E-state index contributed by atoms with van der Waals surface area (Å²) in [5, 5.41) is 12.2. The summed E-state index contributed by atoms with van der Waals surface area (Å²) in [5.74, 6) is 0.391. The van der Waals surface area contributed by atoms with E-state index >= 15 is 0 Å². The third-order valence-electron chi connectivity index (χ3n) is 4.66. The number of nitrogens with zero attached hydrogens (tertiary/aromatic N) is 1. The molecule has 0 aliphatic carbocycles. The van der Waals surface area contributed by atoms with Crippen LogP contribution in [0.15, 0.2) is 70.0 Å². The predicted octanol–water partition coefficient (Wildman–Crippen LogP) is 4.70. The summed E-state index contributed by atoms with van der Waals surface area (Å²) in [5.41, 5.74) is 0.954. The van der Waals surface area contributed by atoms with E-state index in [2.05, 4.69) is 26.0 Å². The van der Waals surface area contributed by atoms with Gasteiger partial charge in [-0.1, -0.05) is 6.07 Å². The summed E-state index contributed by atoms with van der Waals surface area (Å²) in [6.07, 6.45) is 0. The lowest BCUT2D eigenvalue weighted by molar-refractivity contribution is 0.102. The molecule has 0 bridgehead atoms. The number of hydrogen-bond donors (Lipinski definition) is 3. The van der Waals surface area contributed by atoms with Crippen LogP contribution >= 0.6 is 37.4 Å². The summed E-state index contributed by atoms with van der Waals surface area (Å²) in [4.78, 5) is 12.6. The maximum Gasteiger partial charge on any atom is 0.300 e. The number of hydrogen-bond acceptors (Lipinski definition) is 7. The highest BCUT2D eigenvalue weighted by Gasteiger charge is 2.22. The van der Waals surface area contributed by atoms with E-state index in [1.807, 2.05) is 0 Å². The molecule has 34 heavy (non-hydrogen) atoms. The zero-order chi connectivity index (χ0) is 24.3. The first kappa shape index (κ1) is 24.4. The molecule has 178 valence electrons. The van der Waals surface area contributed by atoms with E-state index in [-0.39, 0.29) is 26.3 Å². The first-order valence-electron chi connectivity index (χ1n) is 9.66. The van der Waals surface area contributed by atoms with E-state index < -0.39 is 37.4 Å². The summed E-state index contributed by atoms with van der Waals surface area (Å²) in [6, 6.07) is 15.0. The molecule has 1 aliphatic heterocycles. The minimum atomic E-state index is -4.06. The lowest BCUT2D eigenvalue weighted by atomic mass is 10.2. The standard InChI is InChI=1S/C21H17BrIN3O7S/c22-17-6-4-13(21(27)24-14-2-1-3-16(11-14)26(29)23-28)10-20(17)34(30,31)25-15-5-7-18-19(12-15)33-9-8-32-18/h1-7,10-12,25,29H,8-9H2,(H,24,27). The van der Waals surface area contributed by atoms with Crippen molar-refractivity contribution in [2.45, 2.75) is 4.90 Å². The van der Waals surface area contributed by atoms with Crippen molar-refractivity contribution in [2.75, 3.05) is 26.5 Å². The Labute approximate surface area is 214 Å². The van der Waals surface area contributed by atoms with Crippen LogP contribution in [-0.2, 0) is 13.1 Å². The molecule has 1 amide bonds. The lowest BCUT2D eigenvalue weighted by Gasteiger charge is -2.19. The van der Waals surface area contributed by atoms with Crippen molar-refractivity contribution >= 4 is 70.4 Å².